The predicted molar refractivity (Wildman–Crippen MR) is 72.6 cm³/mol. The molecule has 0 aliphatic carbocycles. The first-order valence-corrected chi connectivity index (χ1v) is 7.36. The number of amides is 1. The number of nitrogens with one attached hydrogen (secondary N) is 3. The molecule has 2 rings (SSSR count). The van der Waals surface area contributed by atoms with Crippen LogP contribution < -0.4 is 21.3 Å². The van der Waals surface area contributed by atoms with E-state index in [2.05, 4.69) is 15.5 Å². The lowest BCUT2D eigenvalue weighted by Gasteiger charge is -2.12. The van der Waals surface area contributed by atoms with Gasteiger partial charge in [-0.1, -0.05) is 0 Å². The Morgan fingerprint density at radius 2 is 2.14 bits per heavy atom. The number of hydrogen-bond donors (Lipinski definition) is 4. The lowest BCUT2D eigenvalue weighted by atomic mass is 10.3. The average Bonchev–Trinajstić information content (AvgIpc) is 2.82. The van der Waals surface area contributed by atoms with Gasteiger partial charge in [0.1, 0.15) is 5.69 Å². The Morgan fingerprint density at radius 3 is 2.67 bits per heavy atom. The topological polar surface area (TPSA) is 156 Å². The molecular weight excluding hydrogens is 302 g/mol. The first-order valence-electron chi connectivity index (χ1n) is 5.87. The van der Waals surface area contributed by atoms with Gasteiger partial charge in [-0.2, -0.15) is 0 Å². The second-order valence-corrected chi connectivity index (χ2v) is 6.12. The predicted octanol–water partition coefficient (Wildman–Crippen LogP) is -0.953. The molecule has 0 aromatic heterocycles. The normalized spacial score (nSPS) is 18.3. The number of nitrogens with two attached hydrogens (primary N) is 1. The number of nitro benzene ring substituents is 1. The summed E-state index contributed by atoms with van der Waals surface area (Å²) < 4.78 is 26.7. The Kier molecular flexibility index (Phi) is 4.06. The molecule has 21 heavy (non-hydrogen) atoms. The van der Waals surface area contributed by atoms with Gasteiger partial charge in [-0.3, -0.25) is 20.8 Å². The Labute approximate surface area is 119 Å². The summed E-state index contributed by atoms with van der Waals surface area (Å²) in [7, 11) is -3.90. The maximum absolute atomic E-state index is 12.2. The maximum atomic E-state index is 12.2. The van der Waals surface area contributed by atoms with Gasteiger partial charge >= 0.3 is 0 Å². The van der Waals surface area contributed by atoms with Crippen molar-refractivity contribution >= 4 is 27.3 Å². The smallest absolute Gasteiger partial charge is 0.293 e. The molecule has 1 amide bonds. The van der Waals surface area contributed by atoms with E-state index in [0.717, 1.165) is 18.2 Å². The summed E-state index contributed by atoms with van der Waals surface area (Å²) >= 11 is 0. The van der Waals surface area contributed by atoms with E-state index in [1.807, 2.05) is 0 Å². The molecule has 1 heterocycles. The molecule has 1 fully saturated rings. The van der Waals surface area contributed by atoms with Crippen LogP contribution in [0.5, 0.6) is 0 Å². The van der Waals surface area contributed by atoms with Gasteiger partial charge in [-0.05, 0) is 12.1 Å². The van der Waals surface area contributed by atoms with Crippen LogP contribution >= 0.6 is 0 Å². The van der Waals surface area contributed by atoms with Crippen LogP contribution in [0.2, 0.25) is 0 Å². The van der Waals surface area contributed by atoms with Gasteiger partial charge in [0.25, 0.3) is 5.69 Å². The number of anilines is 1. The van der Waals surface area contributed by atoms with Crippen molar-refractivity contribution in [3.05, 3.63) is 28.3 Å². The van der Waals surface area contributed by atoms with Crippen LogP contribution in [-0.2, 0) is 14.8 Å². The zero-order chi connectivity index (χ0) is 15.6. The van der Waals surface area contributed by atoms with Crippen LogP contribution in [-0.4, -0.2) is 31.8 Å². The van der Waals surface area contributed by atoms with Gasteiger partial charge in [0.15, 0.2) is 0 Å². The molecule has 1 unspecified atom stereocenters. The van der Waals surface area contributed by atoms with E-state index < -0.39 is 21.0 Å². The number of nitrogens with zero attached hydrogens (tertiary/aromatic N) is 1. The van der Waals surface area contributed by atoms with Gasteiger partial charge in [0.05, 0.1) is 9.82 Å². The summed E-state index contributed by atoms with van der Waals surface area (Å²) in [5.41, 5.74) is 1.63. The Bertz CT molecular complexity index is 689. The molecule has 1 aliphatic heterocycles. The standard InChI is InChI=1S/C10H13N5O5S/c11-13-8-4-7(1-2-9(8)15(17)18)21(19,20)14-6-3-10(16)12-5-6/h1-2,4,6,13-14H,3,5,11H2,(H,12,16). The van der Waals surface area contributed by atoms with Gasteiger partial charge in [-0.15, -0.1) is 0 Å². The molecule has 1 saturated heterocycles. The van der Waals surface area contributed by atoms with Gasteiger partial charge in [0.2, 0.25) is 15.9 Å². The Morgan fingerprint density at radius 1 is 1.43 bits per heavy atom. The van der Waals surface area contributed by atoms with Crippen molar-refractivity contribution in [3.63, 3.8) is 0 Å². The number of carbonyl (C=O) groups is 1. The fourth-order valence-corrected chi connectivity index (χ4v) is 3.19. The Balaban J connectivity index is 2.28. The highest BCUT2D eigenvalue weighted by molar-refractivity contribution is 7.89. The zero-order valence-corrected chi connectivity index (χ0v) is 11.5. The molecule has 10 nitrogen and oxygen atoms in total. The fourth-order valence-electron chi connectivity index (χ4n) is 1.93. The highest BCUT2D eigenvalue weighted by Gasteiger charge is 2.28. The van der Waals surface area contributed by atoms with Gasteiger partial charge in [0, 0.05) is 25.1 Å². The van der Waals surface area contributed by atoms with Crippen LogP contribution in [0.15, 0.2) is 23.1 Å². The minimum atomic E-state index is -3.90. The molecule has 0 saturated carbocycles. The molecule has 11 heteroatoms. The minimum Gasteiger partial charge on any atom is -0.354 e. The lowest BCUT2D eigenvalue weighted by molar-refractivity contribution is -0.384. The molecule has 1 aliphatic rings. The first kappa shape index (κ1) is 15.2. The van der Waals surface area contributed by atoms with E-state index in [1.54, 1.807) is 0 Å². The molecule has 1 aromatic rings. The first-order chi connectivity index (χ1) is 9.83. The van der Waals surface area contributed by atoms with Crippen molar-refractivity contribution in [1.82, 2.24) is 10.0 Å². The number of benzene rings is 1. The molecule has 114 valence electrons. The number of rotatable bonds is 5. The number of carbonyl (C=O) groups excluding carboxylic acids is 1. The second-order valence-electron chi connectivity index (χ2n) is 4.41. The molecule has 0 spiro atoms. The molecule has 0 bridgehead atoms. The van der Waals surface area contributed by atoms with E-state index in [-0.39, 0.29) is 35.1 Å². The number of sulfonamides is 1. The summed E-state index contributed by atoms with van der Waals surface area (Å²) in [6.45, 7) is 0.201. The number of nitro groups is 1. The van der Waals surface area contributed by atoms with Gasteiger partial charge in [-0.25, -0.2) is 13.1 Å². The van der Waals surface area contributed by atoms with Crippen molar-refractivity contribution in [1.29, 1.82) is 0 Å². The minimum absolute atomic E-state index is 0.0498. The SMILES string of the molecule is NNc1cc(S(=O)(=O)NC2CNC(=O)C2)ccc1[N+](=O)[O-]. The molecule has 1 aromatic carbocycles. The van der Waals surface area contributed by atoms with Crippen molar-refractivity contribution in [2.24, 2.45) is 5.84 Å². The maximum Gasteiger partial charge on any atom is 0.293 e. The molecule has 5 N–H and O–H groups in total. The zero-order valence-electron chi connectivity index (χ0n) is 10.7. The van der Waals surface area contributed by atoms with Crippen LogP contribution in [0, 0.1) is 10.1 Å². The van der Waals surface area contributed by atoms with Crippen molar-refractivity contribution in [2.45, 2.75) is 17.4 Å². The van der Waals surface area contributed by atoms with Crippen LogP contribution in [0.4, 0.5) is 11.4 Å². The lowest BCUT2D eigenvalue weighted by Crippen LogP contribution is -2.36. The monoisotopic (exact) mass is 315 g/mol. The fraction of sp³-hybridized carbons (Fsp3) is 0.300. The van der Waals surface area contributed by atoms with E-state index in [0.29, 0.717) is 0 Å². The summed E-state index contributed by atoms with van der Waals surface area (Å²) in [4.78, 5) is 20.9. The van der Waals surface area contributed by atoms with Gasteiger partial charge < -0.3 is 10.7 Å². The third-order valence-corrected chi connectivity index (χ3v) is 4.45. The average molecular weight is 315 g/mol. The summed E-state index contributed by atoms with van der Waals surface area (Å²) in [5.74, 6) is 4.92. The van der Waals surface area contributed by atoms with E-state index in [1.165, 1.54) is 0 Å². The van der Waals surface area contributed by atoms with Crippen molar-refractivity contribution in [2.75, 3.05) is 12.0 Å². The summed E-state index contributed by atoms with van der Waals surface area (Å²) in [5, 5.41) is 13.3. The van der Waals surface area contributed by atoms with Crippen molar-refractivity contribution < 1.29 is 18.1 Å². The summed E-state index contributed by atoms with van der Waals surface area (Å²) in [6, 6.07) is 2.66. The molecule has 1 atom stereocenters. The van der Waals surface area contributed by atoms with E-state index >= 15 is 0 Å². The molecule has 0 radical (unpaired) electrons. The molecular formula is C10H13N5O5S. The highest BCUT2D eigenvalue weighted by atomic mass is 32.2. The van der Waals surface area contributed by atoms with Crippen molar-refractivity contribution in [3.8, 4) is 0 Å². The number of nitrogen functional groups attached to an aromatic ring is 1. The Hall–Kier alpha value is -2.24. The number of hydrazine groups is 1. The second kappa shape index (κ2) is 5.63. The van der Waals surface area contributed by atoms with E-state index in [9.17, 15) is 23.3 Å². The largest absolute Gasteiger partial charge is 0.354 e. The summed E-state index contributed by atoms with van der Waals surface area (Å²) in [6.07, 6.45) is 0.0498. The van der Waals surface area contributed by atoms with E-state index in [4.69, 9.17) is 5.84 Å². The quantitative estimate of drug-likeness (QED) is 0.310. The number of hydrogen-bond acceptors (Lipinski definition) is 7. The third-order valence-electron chi connectivity index (χ3n) is 2.93. The highest BCUT2D eigenvalue weighted by Crippen LogP contribution is 2.26. The van der Waals surface area contributed by atoms with Crippen LogP contribution in [0.1, 0.15) is 6.42 Å². The third kappa shape index (κ3) is 3.26. The van der Waals surface area contributed by atoms with Crippen LogP contribution in [0.25, 0.3) is 0 Å². The van der Waals surface area contributed by atoms with Crippen LogP contribution in [0.3, 0.4) is 0 Å².